The Hall–Kier alpha value is -1.75. The normalized spacial score (nSPS) is 12.6. The SMILES string of the molecule is Cn1cc(CC(N)CCc2ccncc2)nn1. The highest BCUT2D eigenvalue weighted by molar-refractivity contribution is 5.10. The summed E-state index contributed by atoms with van der Waals surface area (Å²) in [6.45, 7) is 0. The molecule has 2 aromatic rings. The smallest absolute Gasteiger partial charge is 0.0842 e. The number of hydrogen-bond donors (Lipinski definition) is 1. The van der Waals surface area contributed by atoms with Crippen LogP contribution in [0.4, 0.5) is 0 Å². The van der Waals surface area contributed by atoms with Gasteiger partial charge in [0.05, 0.1) is 5.69 Å². The van der Waals surface area contributed by atoms with Crippen molar-refractivity contribution in [3.63, 3.8) is 0 Å². The molecule has 0 aromatic carbocycles. The third-order valence-electron chi connectivity index (χ3n) is 2.67. The summed E-state index contributed by atoms with van der Waals surface area (Å²) in [6, 6.07) is 4.17. The van der Waals surface area contributed by atoms with Gasteiger partial charge < -0.3 is 5.73 Å². The van der Waals surface area contributed by atoms with Gasteiger partial charge in [-0.25, -0.2) is 0 Å². The number of nitrogens with zero attached hydrogens (tertiary/aromatic N) is 4. The van der Waals surface area contributed by atoms with E-state index in [2.05, 4.69) is 15.3 Å². The van der Waals surface area contributed by atoms with Gasteiger partial charge in [-0.3, -0.25) is 9.67 Å². The maximum Gasteiger partial charge on any atom is 0.0842 e. The molecular weight excluding hydrogens is 214 g/mol. The van der Waals surface area contributed by atoms with E-state index in [1.807, 2.05) is 37.8 Å². The zero-order chi connectivity index (χ0) is 12.1. The molecular formula is C12H17N5. The van der Waals surface area contributed by atoms with Crippen molar-refractivity contribution < 1.29 is 0 Å². The summed E-state index contributed by atoms with van der Waals surface area (Å²) in [5.41, 5.74) is 8.30. The van der Waals surface area contributed by atoms with Crippen LogP contribution in [-0.4, -0.2) is 26.0 Å². The molecule has 0 aliphatic carbocycles. The fraction of sp³-hybridized carbons (Fsp3) is 0.417. The van der Waals surface area contributed by atoms with Gasteiger partial charge in [0.25, 0.3) is 0 Å². The lowest BCUT2D eigenvalue weighted by Gasteiger charge is -2.09. The molecule has 1 atom stereocenters. The van der Waals surface area contributed by atoms with Gasteiger partial charge in [-0.2, -0.15) is 0 Å². The van der Waals surface area contributed by atoms with Crippen LogP contribution in [0.2, 0.25) is 0 Å². The van der Waals surface area contributed by atoms with Crippen LogP contribution >= 0.6 is 0 Å². The number of aromatic nitrogens is 4. The molecule has 2 rings (SSSR count). The molecule has 2 N–H and O–H groups in total. The van der Waals surface area contributed by atoms with Gasteiger partial charge in [0.2, 0.25) is 0 Å². The average Bonchev–Trinajstić information content (AvgIpc) is 2.73. The fourth-order valence-corrected chi connectivity index (χ4v) is 1.76. The molecule has 0 bridgehead atoms. The minimum absolute atomic E-state index is 0.125. The average molecular weight is 231 g/mol. The molecule has 2 heterocycles. The van der Waals surface area contributed by atoms with Crippen LogP contribution in [0.25, 0.3) is 0 Å². The van der Waals surface area contributed by atoms with Crippen LogP contribution < -0.4 is 5.73 Å². The van der Waals surface area contributed by atoms with Crippen LogP contribution in [0.3, 0.4) is 0 Å². The van der Waals surface area contributed by atoms with E-state index in [0.717, 1.165) is 25.0 Å². The summed E-state index contributed by atoms with van der Waals surface area (Å²) in [5.74, 6) is 0. The quantitative estimate of drug-likeness (QED) is 0.823. The summed E-state index contributed by atoms with van der Waals surface area (Å²) >= 11 is 0. The molecule has 0 fully saturated rings. The maximum absolute atomic E-state index is 6.07. The third kappa shape index (κ3) is 3.64. The minimum atomic E-state index is 0.125. The number of hydrogen-bond acceptors (Lipinski definition) is 4. The molecule has 17 heavy (non-hydrogen) atoms. The topological polar surface area (TPSA) is 69.6 Å². The fourth-order valence-electron chi connectivity index (χ4n) is 1.76. The predicted octanol–water partition coefficient (Wildman–Crippen LogP) is 0.713. The van der Waals surface area contributed by atoms with Gasteiger partial charge >= 0.3 is 0 Å². The van der Waals surface area contributed by atoms with E-state index >= 15 is 0 Å². The van der Waals surface area contributed by atoms with Gasteiger partial charge in [-0.1, -0.05) is 5.21 Å². The lowest BCUT2D eigenvalue weighted by atomic mass is 10.0. The predicted molar refractivity (Wildman–Crippen MR) is 65.2 cm³/mol. The van der Waals surface area contributed by atoms with Crippen LogP contribution in [-0.2, 0) is 19.9 Å². The molecule has 2 aromatic heterocycles. The first kappa shape index (κ1) is 11.7. The molecule has 0 aliphatic heterocycles. The Kier molecular flexibility index (Phi) is 3.82. The second-order valence-electron chi connectivity index (χ2n) is 4.24. The largest absolute Gasteiger partial charge is 0.327 e. The van der Waals surface area contributed by atoms with Crippen LogP contribution in [0.1, 0.15) is 17.7 Å². The van der Waals surface area contributed by atoms with Crippen molar-refractivity contribution >= 4 is 0 Å². The molecule has 5 heteroatoms. The number of aryl methyl sites for hydroxylation is 2. The molecule has 0 spiro atoms. The Balaban J connectivity index is 1.80. The molecule has 0 saturated carbocycles. The zero-order valence-electron chi connectivity index (χ0n) is 9.95. The van der Waals surface area contributed by atoms with E-state index in [-0.39, 0.29) is 6.04 Å². The summed E-state index contributed by atoms with van der Waals surface area (Å²) in [5, 5.41) is 7.92. The second-order valence-corrected chi connectivity index (χ2v) is 4.24. The standard InChI is InChI=1S/C12H17N5/c1-17-9-12(15-16-17)8-11(13)3-2-10-4-6-14-7-5-10/h4-7,9,11H,2-3,8,13H2,1H3. The van der Waals surface area contributed by atoms with E-state index in [4.69, 9.17) is 5.73 Å². The van der Waals surface area contributed by atoms with Crippen molar-refractivity contribution in [3.8, 4) is 0 Å². The van der Waals surface area contributed by atoms with Crippen LogP contribution in [0, 0.1) is 0 Å². The van der Waals surface area contributed by atoms with Crippen molar-refractivity contribution in [2.45, 2.75) is 25.3 Å². The monoisotopic (exact) mass is 231 g/mol. The van der Waals surface area contributed by atoms with Crippen LogP contribution in [0.5, 0.6) is 0 Å². The summed E-state index contributed by atoms with van der Waals surface area (Å²) in [6.07, 6.45) is 8.23. The van der Waals surface area contributed by atoms with E-state index in [9.17, 15) is 0 Å². The highest BCUT2D eigenvalue weighted by Crippen LogP contribution is 2.06. The van der Waals surface area contributed by atoms with Crippen molar-refractivity contribution in [2.24, 2.45) is 12.8 Å². The first-order valence-electron chi connectivity index (χ1n) is 5.74. The third-order valence-corrected chi connectivity index (χ3v) is 2.67. The molecule has 5 nitrogen and oxygen atoms in total. The Morgan fingerprint density at radius 1 is 1.35 bits per heavy atom. The Morgan fingerprint density at radius 3 is 2.76 bits per heavy atom. The Bertz CT molecular complexity index is 451. The number of nitrogens with two attached hydrogens (primary N) is 1. The summed E-state index contributed by atoms with van der Waals surface area (Å²) < 4.78 is 1.70. The van der Waals surface area contributed by atoms with E-state index in [1.54, 1.807) is 4.68 Å². The molecule has 1 unspecified atom stereocenters. The Labute approximate surface area is 101 Å². The lowest BCUT2D eigenvalue weighted by Crippen LogP contribution is -2.23. The molecule has 0 amide bonds. The minimum Gasteiger partial charge on any atom is -0.327 e. The van der Waals surface area contributed by atoms with E-state index in [1.165, 1.54) is 5.56 Å². The van der Waals surface area contributed by atoms with Crippen molar-refractivity contribution in [3.05, 3.63) is 42.0 Å². The van der Waals surface area contributed by atoms with E-state index in [0.29, 0.717) is 0 Å². The van der Waals surface area contributed by atoms with Crippen molar-refractivity contribution in [1.82, 2.24) is 20.0 Å². The first-order chi connectivity index (χ1) is 8.24. The van der Waals surface area contributed by atoms with E-state index < -0.39 is 0 Å². The van der Waals surface area contributed by atoms with Gasteiger partial charge in [0.15, 0.2) is 0 Å². The molecule has 90 valence electrons. The molecule has 0 radical (unpaired) electrons. The highest BCUT2D eigenvalue weighted by Gasteiger charge is 2.07. The lowest BCUT2D eigenvalue weighted by molar-refractivity contribution is 0.601. The van der Waals surface area contributed by atoms with Crippen molar-refractivity contribution in [2.75, 3.05) is 0 Å². The highest BCUT2D eigenvalue weighted by atomic mass is 15.4. The number of rotatable bonds is 5. The van der Waals surface area contributed by atoms with Gasteiger partial charge in [0.1, 0.15) is 0 Å². The molecule has 0 aliphatic rings. The first-order valence-corrected chi connectivity index (χ1v) is 5.74. The zero-order valence-corrected chi connectivity index (χ0v) is 9.95. The summed E-state index contributed by atoms with van der Waals surface area (Å²) in [7, 11) is 1.86. The summed E-state index contributed by atoms with van der Waals surface area (Å²) in [4.78, 5) is 3.99. The Morgan fingerprint density at radius 2 is 2.12 bits per heavy atom. The number of pyridine rings is 1. The van der Waals surface area contributed by atoms with Gasteiger partial charge in [-0.15, -0.1) is 5.10 Å². The second kappa shape index (κ2) is 5.54. The maximum atomic E-state index is 6.07. The molecule has 0 saturated heterocycles. The van der Waals surface area contributed by atoms with Crippen LogP contribution in [0.15, 0.2) is 30.7 Å². The van der Waals surface area contributed by atoms with Crippen molar-refractivity contribution in [1.29, 1.82) is 0 Å². The van der Waals surface area contributed by atoms with Gasteiger partial charge in [-0.05, 0) is 30.5 Å². The van der Waals surface area contributed by atoms with Gasteiger partial charge in [0, 0.05) is 38.1 Å².